The lowest BCUT2D eigenvalue weighted by atomic mass is 10.00. The fourth-order valence-electron chi connectivity index (χ4n) is 1.97. The number of methoxy groups -OCH3 is 1. The summed E-state index contributed by atoms with van der Waals surface area (Å²) < 4.78 is 42.0. The van der Waals surface area contributed by atoms with Crippen molar-refractivity contribution in [1.29, 1.82) is 0 Å². The third-order valence-electron chi connectivity index (χ3n) is 2.95. The number of ether oxygens (including phenoxy) is 1. The molecule has 0 aliphatic carbocycles. The number of fused-ring (bicyclic) bond motifs is 1. The van der Waals surface area contributed by atoms with Gasteiger partial charge in [0.05, 0.1) is 13.5 Å². The van der Waals surface area contributed by atoms with Crippen LogP contribution in [0.5, 0.6) is 5.75 Å². The Labute approximate surface area is 121 Å². The first-order valence-electron chi connectivity index (χ1n) is 5.79. The molecule has 2 N–H and O–H groups in total. The fourth-order valence-corrected chi connectivity index (χ4v) is 1.97. The van der Waals surface area contributed by atoms with E-state index in [1.165, 1.54) is 0 Å². The van der Waals surface area contributed by atoms with Crippen molar-refractivity contribution >= 4 is 23.2 Å². The predicted molar refractivity (Wildman–Crippen MR) is 75.3 cm³/mol. The number of alkyl halides is 3. The van der Waals surface area contributed by atoms with Crippen LogP contribution in [0.1, 0.15) is 18.0 Å². The Hall–Kier alpha value is -1.46. The van der Waals surface area contributed by atoms with E-state index in [1.54, 1.807) is 37.4 Å². The molecule has 2 aromatic carbocycles. The summed E-state index contributed by atoms with van der Waals surface area (Å²) in [6, 6.07) is 9.42. The largest absolute Gasteiger partial charge is 0.497 e. The lowest BCUT2D eigenvalue weighted by Crippen LogP contribution is -2.20. The monoisotopic (exact) mass is 305 g/mol. The van der Waals surface area contributed by atoms with Crippen LogP contribution in [0.3, 0.4) is 0 Å². The van der Waals surface area contributed by atoms with Crippen LogP contribution in [-0.4, -0.2) is 13.3 Å². The average Bonchev–Trinajstić information content (AvgIpc) is 2.35. The first-order valence-corrected chi connectivity index (χ1v) is 5.79. The van der Waals surface area contributed by atoms with Gasteiger partial charge in [-0.25, -0.2) is 0 Å². The van der Waals surface area contributed by atoms with E-state index in [-0.39, 0.29) is 12.4 Å². The zero-order chi connectivity index (χ0) is 14.0. The summed E-state index contributed by atoms with van der Waals surface area (Å²) in [6.45, 7) is 0. The van der Waals surface area contributed by atoms with Crippen LogP contribution in [0.4, 0.5) is 13.2 Å². The molecule has 0 aromatic heterocycles. The summed E-state index contributed by atoms with van der Waals surface area (Å²) in [4.78, 5) is 0. The van der Waals surface area contributed by atoms with E-state index in [4.69, 9.17) is 10.5 Å². The molecule has 0 aliphatic heterocycles. The number of halogens is 4. The van der Waals surface area contributed by atoms with Gasteiger partial charge in [-0.15, -0.1) is 12.4 Å². The molecular formula is C14H15ClF3NO. The van der Waals surface area contributed by atoms with Crippen LogP contribution in [0, 0.1) is 0 Å². The minimum absolute atomic E-state index is 0. The first-order chi connectivity index (χ1) is 8.89. The molecular weight excluding hydrogens is 291 g/mol. The van der Waals surface area contributed by atoms with Crippen LogP contribution in [0.2, 0.25) is 0 Å². The molecule has 0 heterocycles. The summed E-state index contributed by atoms with van der Waals surface area (Å²) in [5.74, 6) is 0.708. The second-order valence-electron chi connectivity index (χ2n) is 4.40. The molecule has 6 heteroatoms. The molecule has 0 spiro atoms. The molecule has 0 aliphatic rings. The van der Waals surface area contributed by atoms with E-state index in [9.17, 15) is 13.2 Å². The van der Waals surface area contributed by atoms with Gasteiger partial charge in [0.25, 0.3) is 0 Å². The maximum Gasteiger partial charge on any atom is 0.390 e. The summed E-state index contributed by atoms with van der Waals surface area (Å²) in [5.41, 5.74) is 6.07. The summed E-state index contributed by atoms with van der Waals surface area (Å²) in [7, 11) is 1.56. The molecule has 1 atom stereocenters. The lowest BCUT2D eigenvalue weighted by molar-refractivity contribution is -0.138. The molecule has 20 heavy (non-hydrogen) atoms. The average molecular weight is 306 g/mol. The second kappa shape index (κ2) is 6.33. The highest BCUT2D eigenvalue weighted by atomic mass is 35.5. The third-order valence-corrected chi connectivity index (χ3v) is 2.95. The molecule has 2 aromatic rings. The van der Waals surface area contributed by atoms with Gasteiger partial charge >= 0.3 is 6.18 Å². The second-order valence-corrected chi connectivity index (χ2v) is 4.40. The normalized spacial score (nSPS) is 12.8. The van der Waals surface area contributed by atoms with Gasteiger partial charge in [0.1, 0.15) is 5.75 Å². The van der Waals surface area contributed by atoms with Crippen molar-refractivity contribution in [1.82, 2.24) is 0 Å². The van der Waals surface area contributed by atoms with Crippen molar-refractivity contribution in [3.63, 3.8) is 0 Å². The standard InChI is InChI=1S/C14H14F3NO.ClH/c1-19-12-5-4-9-6-11(3-2-10(9)7-12)13(18)8-14(15,16)17;/h2-7,13H,8,18H2,1H3;1H/t13-;/m0./s1. The SMILES string of the molecule is COc1ccc2cc([C@@H](N)CC(F)(F)F)ccc2c1.Cl. The minimum Gasteiger partial charge on any atom is -0.497 e. The third kappa shape index (κ3) is 4.02. The quantitative estimate of drug-likeness (QED) is 0.921. The van der Waals surface area contributed by atoms with Gasteiger partial charge in [0, 0.05) is 6.04 Å². The van der Waals surface area contributed by atoms with E-state index in [2.05, 4.69) is 0 Å². The Kier molecular flexibility index (Phi) is 5.25. The highest BCUT2D eigenvalue weighted by Crippen LogP contribution is 2.30. The number of hydrogen-bond donors (Lipinski definition) is 1. The molecule has 2 rings (SSSR count). The Bertz CT molecular complexity index is 586. The summed E-state index contributed by atoms with van der Waals surface area (Å²) >= 11 is 0. The minimum atomic E-state index is -4.26. The van der Waals surface area contributed by atoms with E-state index >= 15 is 0 Å². The van der Waals surface area contributed by atoms with Gasteiger partial charge in [-0.05, 0) is 34.5 Å². The van der Waals surface area contributed by atoms with Crippen molar-refractivity contribution in [2.24, 2.45) is 5.73 Å². The molecule has 110 valence electrons. The van der Waals surface area contributed by atoms with Crippen molar-refractivity contribution in [2.75, 3.05) is 7.11 Å². The van der Waals surface area contributed by atoms with Gasteiger partial charge in [0.15, 0.2) is 0 Å². The predicted octanol–water partition coefficient (Wildman–Crippen LogP) is 4.22. The van der Waals surface area contributed by atoms with Crippen LogP contribution < -0.4 is 10.5 Å². The molecule has 0 radical (unpaired) electrons. The highest BCUT2D eigenvalue weighted by Gasteiger charge is 2.30. The van der Waals surface area contributed by atoms with Crippen molar-refractivity contribution < 1.29 is 17.9 Å². The maximum absolute atomic E-state index is 12.3. The molecule has 2 nitrogen and oxygen atoms in total. The first kappa shape index (κ1) is 16.6. The number of nitrogens with two attached hydrogens (primary N) is 1. The maximum atomic E-state index is 12.3. The van der Waals surface area contributed by atoms with Crippen molar-refractivity contribution in [3.8, 4) is 5.75 Å². The summed E-state index contributed by atoms with van der Waals surface area (Å²) in [5, 5.41) is 1.75. The topological polar surface area (TPSA) is 35.2 Å². The van der Waals surface area contributed by atoms with E-state index < -0.39 is 18.6 Å². The van der Waals surface area contributed by atoms with Gasteiger partial charge in [0.2, 0.25) is 0 Å². The Morgan fingerprint density at radius 2 is 1.70 bits per heavy atom. The van der Waals surface area contributed by atoms with Gasteiger partial charge < -0.3 is 10.5 Å². The van der Waals surface area contributed by atoms with Gasteiger partial charge in [-0.1, -0.05) is 18.2 Å². The van der Waals surface area contributed by atoms with Crippen molar-refractivity contribution in [2.45, 2.75) is 18.6 Å². The van der Waals surface area contributed by atoms with Crippen LogP contribution in [0.15, 0.2) is 36.4 Å². The van der Waals surface area contributed by atoms with E-state index in [1.807, 2.05) is 6.07 Å². The fraction of sp³-hybridized carbons (Fsp3) is 0.286. The Balaban J connectivity index is 0.00000200. The highest BCUT2D eigenvalue weighted by molar-refractivity contribution is 5.85. The molecule has 0 saturated heterocycles. The van der Waals surface area contributed by atoms with Gasteiger partial charge in [-0.2, -0.15) is 13.2 Å². The number of benzene rings is 2. The molecule has 0 saturated carbocycles. The summed E-state index contributed by atoms with van der Waals surface area (Å²) in [6.07, 6.45) is -5.27. The zero-order valence-electron chi connectivity index (χ0n) is 10.8. The molecule has 0 bridgehead atoms. The number of hydrogen-bond acceptors (Lipinski definition) is 2. The lowest BCUT2D eigenvalue weighted by Gasteiger charge is -2.15. The molecule has 0 unspecified atom stereocenters. The zero-order valence-corrected chi connectivity index (χ0v) is 11.6. The molecule has 0 fully saturated rings. The Morgan fingerprint density at radius 3 is 2.30 bits per heavy atom. The van der Waals surface area contributed by atoms with Crippen LogP contribution in [-0.2, 0) is 0 Å². The molecule has 0 amide bonds. The van der Waals surface area contributed by atoms with Crippen molar-refractivity contribution in [3.05, 3.63) is 42.0 Å². The van der Waals surface area contributed by atoms with Crippen LogP contribution in [0.25, 0.3) is 10.8 Å². The van der Waals surface area contributed by atoms with Gasteiger partial charge in [-0.3, -0.25) is 0 Å². The van der Waals surface area contributed by atoms with Crippen LogP contribution >= 0.6 is 12.4 Å². The smallest absolute Gasteiger partial charge is 0.390 e. The number of rotatable bonds is 3. The van der Waals surface area contributed by atoms with E-state index in [0.29, 0.717) is 11.3 Å². The van der Waals surface area contributed by atoms with E-state index in [0.717, 1.165) is 10.8 Å². The Morgan fingerprint density at radius 1 is 1.10 bits per heavy atom.